The van der Waals surface area contributed by atoms with Gasteiger partial charge in [0, 0.05) is 12.8 Å². The van der Waals surface area contributed by atoms with Crippen molar-refractivity contribution >= 4 is 15.6 Å². The van der Waals surface area contributed by atoms with Gasteiger partial charge in [-0.15, -0.1) is 0 Å². The van der Waals surface area contributed by atoms with Crippen LogP contribution in [0.1, 0.15) is 51.9 Å². The van der Waals surface area contributed by atoms with Gasteiger partial charge in [0.2, 0.25) is 0 Å². The van der Waals surface area contributed by atoms with Gasteiger partial charge in [-0.3, -0.25) is 4.79 Å². The topological polar surface area (TPSA) is 51.2 Å². The first-order valence-corrected chi connectivity index (χ1v) is 7.51. The summed E-state index contributed by atoms with van der Waals surface area (Å²) in [5.41, 5.74) is 0. The minimum Gasteiger partial charge on any atom is -0.300 e. The normalized spacial score (nSPS) is 18.2. The zero-order chi connectivity index (χ0) is 11.3. The lowest BCUT2D eigenvalue weighted by atomic mass is 10.2. The highest BCUT2D eigenvalue weighted by atomic mass is 32.2. The van der Waals surface area contributed by atoms with Gasteiger partial charge in [-0.1, -0.05) is 19.8 Å². The molecule has 0 saturated heterocycles. The van der Waals surface area contributed by atoms with Crippen LogP contribution in [0.15, 0.2) is 0 Å². The van der Waals surface area contributed by atoms with Crippen LogP contribution >= 0.6 is 0 Å². The molecule has 0 atom stereocenters. The summed E-state index contributed by atoms with van der Waals surface area (Å²) in [6.45, 7) is 1.81. The summed E-state index contributed by atoms with van der Waals surface area (Å²) < 4.78 is 23.6. The van der Waals surface area contributed by atoms with Crippen LogP contribution in [-0.4, -0.2) is 25.2 Å². The third-order valence-corrected chi connectivity index (χ3v) is 5.43. The molecule has 4 heteroatoms. The van der Waals surface area contributed by atoms with Crippen molar-refractivity contribution in [2.45, 2.75) is 57.1 Å². The summed E-state index contributed by atoms with van der Waals surface area (Å²) in [5.74, 6) is 0.361. The Morgan fingerprint density at radius 3 is 2.40 bits per heavy atom. The fraction of sp³-hybridized carbons (Fsp3) is 0.909. The number of sulfone groups is 1. The molecule has 0 aliphatic heterocycles. The molecule has 0 aromatic rings. The second kappa shape index (κ2) is 5.64. The van der Waals surface area contributed by atoms with Gasteiger partial charge in [0.15, 0.2) is 9.84 Å². The fourth-order valence-electron chi connectivity index (χ4n) is 2.06. The Balaban J connectivity index is 2.33. The van der Waals surface area contributed by atoms with E-state index in [-0.39, 0.29) is 16.8 Å². The third kappa shape index (κ3) is 3.93. The summed E-state index contributed by atoms with van der Waals surface area (Å²) in [5, 5.41) is -0.116. The Bertz CT molecular complexity index is 300. The molecular formula is C11H20O3S. The minimum absolute atomic E-state index is 0.116. The molecule has 1 aliphatic carbocycles. The maximum absolute atomic E-state index is 11.8. The van der Waals surface area contributed by atoms with Crippen LogP contribution < -0.4 is 0 Å². The lowest BCUT2D eigenvalue weighted by molar-refractivity contribution is -0.118. The Kier molecular flexibility index (Phi) is 4.77. The van der Waals surface area contributed by atoms with Gasteiger partial charge in [0.1, 0.15) is 5.78 Å². The smallest absolute Gasteiger partial charge is 0.153 e. The van der Waals surface area contributed by atoms with Crippen molar-refractivity contribution in [1.29, 1.82) is 0 Å². The van der Waals surface area contributed by atoms with E-state index in [4.69, 9.17) is 0 Å². The van der Waals surface area contributed by atoms with Crippen LogP contribution in [0.25, 0.3) is 0 Å². The van der Waals surface area contributed by atoms with Crippen molar-refractivity contribution in [3.8, 4) is 0 Å². The Morgan fingerprint density at radius 1 is 1.27 bits per heavy atom. The molecule has 15 heavy (non-hydrogen) atoms. The number of ketones is 1. The van der Waals surface area contributed by atoms with Crippen LogP contribution in [0.4, 0.5) is 0 Å². The van der Waals surface area contributed by atoms with E-state index in [1.165, 1.54) is 0 Å². The zero-order valence-corrected chi connectivity index (χ0v) is 10.2. The Morgan fingerprint density at radius 2 is 1.87 bits per heavy atom. The highest BCUT2D eigenvalue weighted by molar-refractivity contribution is 7.92. The van der Waals surface area contributed by atoms with Crippen molar-refractivity contribution in [2.24, 2.45) is 0 Å². The number of Topliss-reactive ketones (excluding diaryl/α,β-unsaturated/α-hetero) is 1. The highest BCUT2D eigenvalue weighted by Crippen LogP contribution is 2.25. The van der Waals surface area contributed by atoms with Crippen molar-refractivity contribution in [2.75, 3.05) is 5.75 Å². The van der Waals surface area contributed by atoms with Crippen molar-refractivity contribution in [3.05, 3.63) is 0 Å². The third-order valence-electron chi connectivity index (χ3n) is 3.09. The molecule has 1 saturated carbocycles. The Labute approximate surface area is 92.2 Å². The molecule has 0 aromatic carbocycles. The SMILES string of the molecule is CCC(=O)CCCS(=O)(=O)C1CCCC1. The first-order valence-electron chi connectivity index (χ1n) is 5.79. The van der Waals surface area contributed by atoms with Crippen LogP contribution in [0, 0.1) is 0 Å². The molecule has 0 aromatic heterocycles. The summed E-state index contributed by atoms with van der Waals surface area (Å²) in [6, 6.07) is 0. The van der Waals surface area contributed by atoms with E-state index in [1.54, 1.807) is 0 Å². The summed E-state index contributed by atoms with van der Waals surface area (Å²) in [4.78, 5) is 11.0. The molecule has 0 spiro atoms. The molecule has 1 rings (SSSR count). The van der Waals surface area contributed by atoms with Gasteiger partial charge < -0.3 is 0 Å². The summed E-state index contributed by atoms with van der Waals surface area (Å²) in [6.07, 6.45) is 5.17. The van der Waals surface area contributed by atoms with E-state index in [0.29, 0.717) is 19.3 Å². The highest BCUT2D eigenvalue weighted by Gasteiger charge is 2.27. The first kappa shape index (κ1) is 12.7. The second-order valence-electron chi connectivity index (χ2n) is 4.27. The number of hydrogen-bond donors (Lipinski definition) is 0. The molecule has 0 heterocycles. The number of hydrogen-bond acceptors (Lipinski definition) is 3. The van der Waals surface area contributed by atoms with Gasteiger partial charge in [-0.05, 0) is 19.3 Å². The van der Waals surface area contributed by atoms with Gasteiger partial charge in [-0.2, -0.15) is 0 Å². The average molecular weight is 232 g/mol. The first-order chi connectivity index (χ1) is 7.06. The number of carbonyl (C=O) groups is 1. The van der Waals surface area contributed by atoms with Gasteiger partial charge >= 0.3 is 0 Å². The molecule has 0 amide bonds. The summed E-state index contributed by atoms with van der Waals surface area (Å²) >= 11 is 0. The molecule has 0 unspecified atom stereocenters. The maximum Gasteiger partial charge on any atom is 0.153 e. The molecule has 1 aliphatic rings. The molecular weight excluding hydrogens is 212 g/mol. The van der Waals surface area contributed by atoms with Crippen molar-refractivity contribution in [1.82, 2.24) is 0 Å². The maximum atomic E-state index is 11.8. The van der Waals surface area contributed by atoms with E-state index in [1.807, 2.05) is 6.92 Å². The summed E-state index contributed by atoms with van der Waals surface area (Å²) in [7, 11) is -2.92. The lowest BCUT2D eigenvalue weighted by Gasteiger charge is -2.10. The standard InChI is InChI=1S/C11H20O3S/c1-2-10(12)6-5-9-15(13,14)11-7-3-4-8-11/h11H,2-9H2,1H3. The largest absolute Gasteiger partial charge is 0.300 e. The predicted octanol–water partition coefficient (Wildman–Crippen LogP) is 2.10. The van der Waals surface area contributed by atoms with Crippen LogP contribution in [0.2, 0.25) is 0 Å². The minimum atomic E-state index is -2.92. The second-order valence-corrected chi connectivity index (χ2v) is 6.67. The Hall–Kier alpha value is -0.380. The van der Waals surface area contributed by atoms with Crippen LogP contribution in [0.3, 0.4) is 0 Å². The molecule has 0 N–H and O–H groups in total. The molecule has 3 nitrogen and oxygen atoms in total. The lowest BCUT2D eigenvalue weighted by Crippen LogP contribution is -2.21. The van der Waals surface area contributed by atoms with E-state index in [0.717, 1.165) is 25.7 Å². The van der Waals surface area contributed by atoms with Crippen molar-refractivity contribution < 1.29 is 13.2 Å². The number of carbonyl (C=O) groups excluding carboxylic acids is 1. The van der Waals surface area contributed by atoms with Gasteiger partial charge in [-0.25, -0.2) is 8.42 Å². The van der Waals surface area contributed by atoms with E-state index in [2.05, 4.69) is 0 Å². The average Bonchev–Trinajstić information content (AvgIpc) is 2.70. The van der Waals surface area contributed by atoms with E-state index in [9.17, 15) is 13.2 Å². The quantitative estimate of drug-likeness (QED) is 0.704. The van der Waals surface area contributed by atoms with Gasteiger partial charge in [0.25, 0.3) is 0 Å². The van der Waals surface area contributed by atoms with Gasteiger partial charge in [0.05, 0.1) is 11.0 Å². The zero-order valence-electron chi connectivity index (χ0n) is 9.37. The molecule has 0 bridgehead atoms. The molecule has 88 valence electrons. The fourth-order valence-corrected chi connectivity index (χ4v) is 3.99. The molecule has 1 fully saturated rings. The number of rotatable bonds is 6. The predicted molar refractivity (Wildman–Crippen MR) is 60.6 cm³/mol. The monoisotopic (exact) mass is 232 g/mol. The van der Waals surface area contributed by atoms with E-state index >= 15 is 0 Å². The van der Waals surface area contributed by atoms with Crippen LogP contribution in [-0.2, 0) is 14.6 Å². The van der Waals surface area contributed by atoms with Crippen molar-refractivity contribution in [3.63, 3.8) is 0 Å². The molecule has 0 radical (unpaired) electrons. The van der Waals surface area contributed by atoms with E-state index < -0.39 is 9.84 Å². The van der Waals surface area contributed by atoms with Crippen LogP contribution in [0.5, 0.6) is 0 Å².